The zero-order chi connectivity index (χ0) is 14.5. The van der Waals surface area contributed by atoms with Crippen molar-refractivity contribution in [2.45, 2.75) is 0 Å². The first-order valence-electron chi connectivity index (χ1n) is 5.53. The van der Waals surface area contributed by atoms with Crippen LogP contribution in [0.2, 0.25) is 0 Å². The van der Waals surface area contributed by atoms with Crippen LogP contribution in [0.4, 0.5) is 4.79 Å². The van der Waals surface area contributed by atoms with Crippen molar-refractivity contribution in [1.29, 1.82) is 0 Å². The number of hydrogen-bond donors (Lipinski definition) is 2. The molecular formula is C12H11IN4O2S. The monoisotopic (exact) mass is 402 g/mol. The van der Waals surface area contributed by atoms with Gasteiger partial charge >= 0.3 is 6.09 Å². The lowest BCUT2D eigenvalue weighted by atomic mass is 10.3. The summed E-state index contributed by atoms with van der Waals surface area (Å²) in [4.78, 5) is 21.5. The van der Waals surface area contributed by atoms with Crippen molar-refractivity contribution in [2.75, 3.05) is 7.05 Å². The molecule has 0 radical (unpaired) electrons. The summed E-state index contributed by atoms with van der Waals surface area (Å²) in [5, 5.41) is 9.89. The Bertz CT molecular complexity index is 663. The first kappa shape index (κ1) is 14.7. The molecule has 8 heteroatoms. The molecule has 3 aromatic rings. The fraction of sp³-hybridized carbons (Fsp3) is 0.0833. The molecule has 2 heterocycles. The Morgan fingerprint density at radius 2 is 2.15 bits per heavy atom. The van der Waals surface area contributed by atoms with Crippen molar-refractivity contribution in [1.82, 2.24) is 18.1 Å². The van der Waals surface area contributed by atoms with Crippen molar-refractivity contribution < 1.29 is 9.90 Å². The summed E-state index contributed by atoms with van der Waals surface area (Å²) < 4.78 is 1.05. The van der Waals surface area contributed by atoms with Crippen LogP contribution in [0.15, 0.2) is 35.2 Å². The summed E-state index contributed by atoms with van der Waals surface area (Å²) in [5.74, 6) is 0.840. The number of nitrogens with one attached hydrogen (secondary N) is 1. The Morgan fingerprint density at radius 1 is 1.45 bits per heavy atom. The summed E-state index contributed by atoms with van der Waals surface area (Å²) in [6, 6.07) is 7.97. The van der Waals surface area contributed by atoms with Gasteiger partial charge in [0.25, 0.3) is 0 Å². The number of H-pyrrole nitrogens is 1. The van der Waals surface area contributed by atoms with Gasteiger partial charge in [-0.25, -0.2) is 14.8 Å². The van der Waals surface area contributed by atoms with Gasteiger partial charge in [0.05, 0.1) is 39.4 Å². The van der Waals surface area contributed by atoms with Crippen LogP contribution in [0, 0.1) is 0 Å². The van der Waals surface area contributed by atoms with E-state index in [0.29, 0.717) is 0 Å². The first-order chi connectivity index (χ1) is 9.58. The van der Waals surface area contributed by atoms with Gasteiger partial charge in [-0.1, -0.05) is 12.1 Å². The largest absolute Gasteiger partial charge is 0.464 e. The summed E-state index contributed by atoms with van der Waals surface area (Å²) in [6.45, 7) is 0. The van der Waals surface area contributed by atoms with Crippen molar-refractivity contribution in [3.8, 4) is 11.5 Å². The molecule has 0 spiro atoms. The van der Waals surface area contributed by atoms with Gasteiger partial charge in [-0.15, -0.1) is 11.3 Å². The van der Waals surface area contributed by atoms with Crippen LogP contribution in [0.1, 0.15) is 0 Å². The fourth-order valence-electron chi connectivity index (χ4n) is 1.40. The number of hydrogen-bond acceptors (Lipinski definition) is 4. The summed E-state index contributed by atoms with van der Waals surface area (Å²) in [7, 11) is 1.46. The minimum atomic E-state index is -0.921. The van der Waals surface area contributed by atoms with Gasteiger partial charge in [-0.2, -0.15) is 0 Å². The molecule has 3 rings (SSSR count). The molecule has 0 bridgehead atoms. The average Bonchev–Trinajstić information content (AvgIpc) is 3.08. The van der Waals surface area contributed by atoms with E-state index in [1.807, 2.05) is 35.2 Å². The Balaban J connectivity index is 0.000000212. The quantitative estimate of drug-likeness (QED) is 0.481. The molecule has 104 valence electrons. The minimum absolute atomic E-state index is 0.840. The molecule has 6 nitrogen and oxygen atoms in total. The molecule has 1 amide bonds. The van der Waals surface area contributed by atoms with Crippen molar-refractivity contribution >= 4 is 51.3 Å². The smallest absolute Gasteiger partial charge is 0.415 e. The second-order valence-corrected chi connectivity index (χ2v) is 5.90. The Labute approximate surface area is 133 Å². The highest BCUT2D eigenvalue weighted by atomic mass is 127. The predicted molar refractivity (Wildman–Crippen MR) is 87.0 cm³/mol. The second-order valence-electron chi connectivity index (χ2n) is 3.74. The number of carbonyl (C=O) groups is 1. The lowest BCUT2D eigenvalue weighted by Crippen LogP contribution is -2.10. The lowest BCUT2D eigenvalue weighted by Gasteiger charge is -1.96. The van der Waals surface area contributed by atoms with Gasteiger partial charge in [0.15, 0.2) is 5.82 Å². The standard InChI is InChI=1S/C10H7N3S.C2H4INO2/c1-2-4-8-7(3-1)12-10(13-8)9-5-14-6-11-9;1-4(3)2(5)6/h1-6H,(H,12,13);1H3,(H,5,6). The third kappa shape index (κ3) is 3.67. The zero-order valence-corrected chi connectivity index (χ0v) is 13.4. The number of aromatic amines is 1. The molecule has 0 saturated heterocycles. The van der Waals surface area contributed by atoms with Crippen LogP contribution < -0.4 is 0 Å². The number of rotatable bonds is 1. The van der Waals surface area contributed by atoms with Crippen molar-refractivity contribution in [3.63, 3.8) is 0 Å². The van der Waals surface area contributed by atoms with Crippen LogP contribution in [-0.2, 0) is 0 Å². The van der Waals surface area contributed by atoms with E-state index < -0.39 is 6.09 Å². The number of aromatic nitrogens is 3. The fourth-order valence-corrected chi connectivity index (χ4v) is 1.94. The van der Waals surface area contributed by atoms with Gasteiger partial charge < -0.3 is 10.1 Å². The number of benzene rings is 1. The highest BCUT2D eigenvalue weighted by molar-refractivity contribution is 14.1. The number of para-hydroxylation sites is 2. The van der Waals surface area contributed by atoms with E-state index in [4.69, 9.17) is 5.11 Å². The molecule has 20 heavy (non-hydrogen) atoms. The third-order valence-corrected chi connectivity index (χ3v) is 3.33. The minimum Gasteiger partial charge on any atom is -0.464 e. The maximum atomic E-state index is 9.62. The summed E-state index contributed by atoms with van der Waals surface area (Å²) in [6.07, 6.45) is -0.921. The van der Waals surface area contributed by atoms with E-state index in [-0.39, 0.29) is 0 Å². The van der Waals surface area contributed by atoms with Crippen molar-refractivity contribution in [3.05, 3.63) is 35.2 Å². The summed E-state index contributed by atoms with van der Waals surface area (Å²) >= 11 is 3.24. The maximum absolute atomic E-state index is 9.62. The first-order valence-corrected chi connectivity index (χ1v) is 7.44. The van der Waals surface area contributed by atoms with Gasteiger partial charge in [0, 0.05) is 12.4 Å². The third-order valence-electron chi connectivity index (χ3n) is 2.33. The number of carboxylic acid groups (broad SMARTS) is 1. The van der Waals surface area contributed by atoms with E-state index in [1.165, 1.54) is 7.05 Å². The second kappa shape index (κ2) is 6.66. The van der Waals surface area contributed by atoms with E-state index in [2.05, 4.69) is 15.0 Å². The number of thiazole rings is 1. The summed E-state index contributed by atoms with van der Waals surface area (Å²) in [5.41, 5.74) is 4.75. The maximum Gasteiger partial charge on any atom is 0.415 e. The van der Waals surface area contributed by atoms with Crippen molar-refractivity contribution in [2.24, 2.45) is 0 Å². The van der Waals surface area contributed by atoms with Gasteiger partial charge in [0.1, 0.15) is 5.69 Å². The van der Waals surface area contributed by atoms with Gasteiger partial charge in [-0.05, 0) is 12.1 Å². The molecule has 2 N–H and O–H groups in total. The molecule has 0 aliphatic rings. The normalized spacial score (nSPS) is 9.90. The Morgan fingerprint density at radius 3 is 2.70 bits per heavy atom. The van der Waals surface area contributed by atoms with Gasteiger partial charge in [0.2, 0.25) is 0 Å². The predicted octanol–water partition coefficient (Wildman–Crippen LogP) is 3.63. The van der Waals surface area contributed by atoms with E-state index in [9.17, 15) is 4.79 Å². The molecular weight excluding hydrogens is 391 g/mol. The van der Waals surface area contributed by atoms with Crippen LogP contribution in [0.5, 0.6) is 0 Å². The average molecular weight is 402 g/mol. The number of fused-ring (bicyclic) bond motifs is 1. The van der Waals surface area contributed by atoms with Crippen LogP contribution in [-0.4, -0.2) is 36.3 Å². The topological polar surface area (TPSA) is 82.1 Å². The van der Waals surface area contributed by atoms with Crippen LogP contribution >= 0.6 is 34.2 Å². The van der Waals surface area contributed by atoms with E-state index >= 15 is 0 Å². The van der Waals surface area contributed by atoms with Gasteiger partial charge in [-0.3, -0.25) is 3.11 Å². The number of amides is 1. The molecule has 0 fully saturated rings. The molecule has 0 atom stereocenters. The molecule has 0 aliphatic heterocycles. The van der Waals surface area contributed by atoms with Crippen LogP contribution in [0.25, 0.3) is 22.6 Å². The number of nitrogens with zero attached hydrogens (tertiary/aromatic N) is 3. The highest BCUT2D eigenvalue weighted by Gasteiger charge is 2.05. The molecule has 2 aromatic heterocycles. The lowest BCUT2D eigenvalue weighted by molar-refractivity contribution is 0.184. The van der Waals surface area contributed by atoms with E-state index in [1.54, 1.807) is 34.2 Å². The van der Waals surface area contributed by atoms with E-state index in [0.717, 1.165) is 25.7 Å². The molecule has 0 saturated carbocycles. The Hall–Kier alpha value is -1.68. The SMILES string of the molecule is CN(I)C(=O)O.c1ccc2[nH]c(-c3cscn3)nc2c1. The zero-order valence-electron chi connectivity index (χ0n) is 10.4. The van der Waals surface area contributed by atoms with Crippen LogP contribution in [0.3, 0.4) is 0 Å². The highest BCUT2D eigenvalue weighted by Crippen LogP contribution is 2.19. The Kier molecular flexibility index (Phi) is 4.90. The number of imidazole rings is 1. The molecule has 0 aliphatic carbocycles. The molecule has 0 unspecified atom stereocenters. The number of halogens is 1. The molecule has 1 aromatic carbocycles.